The molecule has 1 aromatic rings. The average molecular weight is 328 g/mol. The first-order chi connectivity index (χ1) is 8.77. The maximum Gasteiger partial charge on any atom is 0.251 e. The van der Waals surface area contributed by atoms with Gasteiger partial charge in [0.15, 0.2) is 0 Å². The monoisotopic (exact) mass is 327 g/mol. The molecule has 3 nitrogen and oxygen atoms in total. The van der Waals surface area contributed by atoms with E-state index in [-0.39, 0.29) is 11.3 Å². The topological polar surface area (TPSA) is 38.3 Å². The molecule has 1 N–H and O–H groups in total. The first kappa shape index (κ1) is 16.0. The highest BCUT2D eigenvalue weighted by Gasteiger charge is 2.23. The zero-order valence-corrected chi connectivity index (χ0v) is 13.8. The van der Waals surface area contributed by atoms with Crippen LogP contribution in [-0.2, 0) is 0 Å². The predicted octanol–water partition coefficient (Wildman–Crippen LogP) is 3.87. The maximum absolute atomic E-state index is 12.1. The Balaban J connectivity index is 2.72. The minimum Gasteiger partial charge on any atom is -0.496 e. The summed E-state index contributed by atoms with van der Waals surface area (Å²) < 4.78 is 5.93. The van der Waals surface area contributed by atoms with Crippen LogP contribution in [0.25, 0.3) is 0 Å². The van der Waals surface area contributed by atoms with Crippen molar-refractivity contribution in [3.8, 4) is 5.75 Å². The number of rotatable bonds is 5. The first-order valence-electron chi connectivity index (χ1n) is 6.39. The molecular weight excluding hydrogens is 306 g/mol. The van der Waals surface area contributed by atoms with Gasteiger partial charge in [-0.15, -0.1) is 0 Å². The Hall–Kier alpha value is -1.03. The highest BCUT2D eigenvalue weighted by Crippen LogP contribution is 2.26. The van der Waals surface area contributed by atoms with E-state index in [1.807, 2.05) is 0 Å². The van der Waals surface area contributed by atoms with Crippen LogP contribution in [-0.4, -0.2) is 19.6 Å². The molecule has 0 saturated carbocycles. The van der Waals surface area contributed by atoms with Crippen molar-refractivity contribution in [3.63, 3.8) is 0 Å². The number of carbonyl (C=O) groups excluding carboxylic acids is 1. The van der Waals surface area contributed by atoms with E-state index in [0.29, 0.717) is 18.0 Å². The normalized spacial score (nSPS) is 11.5. The van der Waals surface area contributed by atoms with Crippen molar-refractivity contribution in [1.82, 2.24) is 5.32 Å². The number of carbonyl (C=O) groups is 1. The second-order valence-electron chi connectivity index (χ2n) is 5.68. The van der Waals surface area contributed by atoms with Crippen molar-refractivity contribution in [2.75, 3.05) is 13.7 Å². The van der Waals surface area contributed by atoms with Crippen molar-refractivity contribution >= 4 is 21.8 Å². The summed E-state index contributed by atoms with van der Waals surface area (Å²) >= 11 is 3.38. The lowest BCUT2D eigenvalue weighted by molar-refractivity contribution is 0.0924. The molecule has 0 radical (unpaired) electrons. The molecule has 0 fully saturated rings. The van der Waals surface area contributed by atoms with Crippen molar-refractivity contribution in [2.45, 2.75) is 27.7 Å². The Morgan fingerprint density at radius 1 is 1.42 bits per heavy atom. The van der Waals surface area contributed by atoms with Crippen LogP contribution >= 0.6 is 15.9 Å². The first-order valence-corrected chi connectivity index (χ1v) is 7.19. The van der Waals surface area contributed by atoms with E-state index in [1.165, 1.54) is 0 Å². The molecular formula is C15H22BrNO2. The summed E-state index contributed by atoms with van der Waals surface area (Å²) in [5.74, 6) is 1.17. The second kappa shape index (κ2) is 6.42. The standard InChI is InChI=1S/C15H22BrNO2/c1-10(2)15(3,4)9-17-14(18)11-6-7-13(19-5)12(16)8-11/h6-8,10H,9H2,1-5H3,(H,17,18). The third kappa shape index (κ3) is 4.23. The summed E-state index contributed by atoms with van der Waals surface area (Å²) in [6, 6.07) is 5.32. The third-order valence-corrected chi connectivity index (χ3v) is 4.30. The Labute approximate surface area is 123 Å². The molecule has 106 valence electrons. The van der Waals surface area contributed by atoms with Crippen molar-refractivity contribution in [3.05, 3.63) is 28.2 Å². The van der Waals surface area contributed by atoms with Crippen molar-refractivity contribution in [2.24, 2.45) is 11.3 Å². The van der Waals surface area contributed by atoms with Crippen LogP contribution in [0.1, 0.15) is 38.1 Å². The fraction of sp³-hybridized carbons (Fsp3) is 0.533. The summed E-state index contributed by atoms with van der Waals surface area (Å²) in [6.45, 7) is 9.29. The van der Waals surface area contributed by atoms with Crippen molar-refractivity contribution in [1.29, 1.82) is 0 Å². The molecule has 0 atom stereocenters. The van der Waals surface area contributed by atoms with E-state index in [0.717, 1.165) is 10.2 Å². The number of amides is 1. The average Bonchev–Trinajstić information content (AvgIpc) is 2.35. The summed E-state index contributed by atoms with van der Waals surface area (Å²) in [5, 5.41) is 2.98. The minimum absolute atomic E-state index is 0.0583. The van der Waals surface area contributed by atoms with Gasteiger partial charge < -0.3 is 10.1 Å². The molecule has 1 rings (SSSR count). The van der Waals surface area contributed by atoms with Crippen LogP contribution in [0, 0.1) is 11.3 Å². The molecule has 0 aliphatic rings. The smallest absolute Gasteiger partial charge is 0.251 e. The van der Waals surface area contributed by atoms with E-state index in [2.05, 4.69) is 48.9 Å². The van der Waals surface area contributed by atoms with Crippen LogP contribution in [0.3, 0.4) is 0 Å². The van der Waals surface area contributed by atoms with Crippen LogP contribution in [0.5, 0.6) is 5.75 Å². The third-order valence-electron chi connectivity index (χ3n) is 3.68. The molecule has 0 spiro atoms. The molecule has 0 saturated heterocycles. The largest absolute Gasteiger partial charge is 0.496 e. The van der Waals surface area contributed by atoms with E-state index < -0.39 is 0 Å². The molecule has 1 amide bonds. The quantitative estimate of drug-likeness (QED) is 0.891. The van der Waals surface area contributed by atoms with Crippen LogP contribution < -0.4 is 10.1 Å². The highest BCUT2D eigenvalue weighted by molar-refractivity contribution is 9.10. The number of hydrogen-bond acceptors (Lipinski definition) is 2. The van der Waals surface area contributed by atoms with Gasteiger partial charge in [-0.05, 0) is 45.5 Å². The van der Waals surface area contributed by atoms with E-state index in [9.17, 15) is 4.79 Å². The zero-order valence-electron chi connectivity index (χ0n) is 12.2. The Bertz CT molecular complexity index is 455. The minimum atomic E-state index is -0.0583. The summed E-state index contributed by atoms with van der Waals surface area (Å²) in [5.41, 5.74) is 0.714. The lowest BCUT2D eigenvalue weighted by Crippen LogP contribution is -2.36. The van der Waals surface area contributed by atoms with Gasteiger partial charge in [0.25, 0.3) is 5.91 Å². The number of halogens is 1. The molecule has 0 bridgehead atoms. The number of nitrogens with one attached hydrogen (secondary N) is 1. The lowest BCUT2D eigenvalue weighted by Gasteiger charge is -2.29. The molecule has 19 heavy (non-hydrogen) atoms. The summed E-state index contributed by atoms with van der Waals surface area (Å²) in [7, 11) is 1.60. The number of methoxy groups -OCH3 is 1. The van der Waals surface area contributed by atoms with Gasteiger partial charge >= 0.3 is 0 Å². The molecule has 0 heterocycles. The van der Waals surface area contributed by atoms with Crippen LogP contribution in [0.15, 0.2) is 22.7 Å². The zero-order chi connectivity index (χ0) is 14.6. The van der Waals surface area contributed by atoms with E-state index in [1.54, 1.807) is 25.3 Å². The van der Waals surface area contributed by atoms with Gasteiger partial charge in [-0.2, -0.15) is 0 Å². The Kier molecular flexibility index (Phi) is 5.41. The van der Waals surface area contributed by atoms with Gasteiger partial charge in [0.2, 0.25) is 0 Å². The van der Waals surface area contributed by atoms with Crippen molar-refractivity contribution < 1.29 is 9.53 Å². The van der Waals surface area contributed by atoms with Crippen LogP contribution in [0.4, 0.5) is 0 Å². The van der Waals surface area contributed by atoms with Gasteiger partial charge in [0, 0.05) is 12.1 Å². The predicted molar refractivity (Wildman–Crippen MR) is 81.6 cm³/mol. The summed E-state index contributed by atoms with van der Waals surface area (Å²) in [6.07, 6.45) is 0. The Morgan fingerprint density at radius 2 is 2.05 bits per heavy atom. The number of benzene rings is 1. The molecule has 0 aliphatic heterocycles. The summed E-state index contributed by atoms with van der Waals surface area (Å²) in [4.78, 5) is 12.1. The number of hydrogen-bond donors (Lipinski definition) is 1. The van der Waals surface area contributed by atoms with Gasteiger partial charge in [-0.3, -0.25) is 4.79 Å². The Morgan fingerprint density at radius 3 is 2.53 bits per heavy atom. The van der Waals surface area contributed by atoms with Gasteiger partial charge in [0.05, 0.1) is 11.6 Å². The maximum atomic E-state index is 12.1. The fourth-order valence-corrected chi connectivity index (χ4v) is 1.96. The molecule has 0 aromatic heterocycles. The van der Waals surface area contributed by atoms with Gasteiger partial charge in [-0.1, -0.05) is 27.7 Å². The van der Waals surface area contributed by atoms with Crippen LogP contribution in [0.2, 0.25) is 0 Å². The SMILES string of the molecule is COc1ccc(C(=O)NCC(C)(C)C(C)C)cc1Br. The van der Waals surface area contributed by atoms with E-state index in [4.69, 9.17) is 4.74 Å². The number of ether oxygens (including phenoxy) is 1. The molecule has 1 aromatic carbocycles. The molecule has 0 unspecified atom stereocenters. The van der Waals surface area contributed by atoms with E-state index >= 15 is 0 Å². The molecule has 0 aliphatic carbocycles. The molecule has 4 heteroatoms. The van der Waals surface area contributed by atoms with Gasteiger partial charge in [-0.25, -0.2) is 0 Å². The van der Waals surface area contributed by atoms with Gasteiger partial charge in [0.1, 0.15) is 5.75 Å². The fourth-order valence-electron chi connectivity index (χ4n) is 1.42. The highest BCUT2D eigenvalue weighted by atomic mass is 79.9. The lowest BCUT2D eigenvalue weighted by atomic mass is 9.81. The second-order valence-corrected chi connectivity index (χ2v) is 6.53.